The summed E-state index contributed by atoms with van der Waals surface area (Å²) in [6.07, 6.45) is 0.697. The summed E-state index contributed by atoms with van der Waals surface area (Å²) in [7, 11) is 2.04. The molecular weight excluding hydrogens is 300 g/mol. The third-order valence-corrected chi connectivity index (χ3v) is 3.37. The van der Waals surface area contributed by atoms with Crippen LogP contribution in [0.4, 0.5) is 0 Å². The number of nitrogens with two attached hydrogens (primary N) is 1. The zero-order chi connectivity index (χ0) is 15.3. The number of halogens is 1. The molecule has 0 unspecified atom stereocenters. The van der Waals surface area contributed by atoms with Gasteiger partial charge in [-0.05, 0) is 24.6 Å². The third-order valence-electron chi connectivity index (χ3n) is 3.37. The Morgan fingerprint density at radius 2 is 1.91 bits per heavy atom. The van der Waals surface area contributed by atoms with Gasteiger partial charge in [0.1, 0.15) is 0 Å². The average Bonchev–Trinajstić information content (AvgIpc) is 2.86. The van der Waals surface area contributed by atoms with Crippen molar-refractivity contribution in [3.05, 3.63) is 47.6 Å². The standard InChI is InChI=1S/C16H24N4O.ClH/c1-16(2,11-17)12-20(3)10-15-18-14(19-21-15)9-13-7-5-4-6-8-13;/h4-8H,9-12,17H2,1-3H3;1H. The van der Waals surface area contributed by atoms with Crippen LogP contribution < -0.4 is 5.73 Å². The van der Waals surface area contributed by atoms with Gasteiger partial charge in [-0.15, -0.1) is 12.4 Å². The van der Waals surface area contributed by atoms with E-state index in [-0.39, 0.29) is 17.8 Å². The maximum Gasteiger partial charge on any atom is 0.240 e. The van der Waals surface area contributed by atoms with Crippen LogP contribution >= 0.6 is 12.4 Å². The van der Waals surface area contributed by atoms with Gasteiger partial charge in [-0.3, -0.25) is 4.90 Å². The van der Waals surface area contributed by atoms with Crippen LogP contribution in [0.3, 0.4) is 0 Å². The van der Waals surface area contributed by atoms with E-state index in [2.05, 4.69) is 41.0 Å². The number of benzene rings is 1. The smallest absolute Gasteiger partial charge is 0.240 e. The van der Waals surface area contributed by atoms with Gasteiger partial charge in [0.25, 0.3) is 0 Å². The summed E-state index contributed by atoms with van der Waals surface area (Å²) in [5.74, 6) is 1.37. The van der Waals surface area contributed by atoms with E-state index >= 15 is 0 Å². The number of aromatic nitrogens is 2. The van der Waals surface area contributed by atoms with E-state index in [0.29, 0.717) is 25.4 Å². The van der Waals surface area contributed by atoms with Crippen LogP contribution in [0.1, 0.15) is 31.1 Å². The summed E-state index contributed by atoms with van der Waals surface area (Å²) < 4.78 is 5.32. The Kier molecular flexibility index (Phi) is 7.00. The average molecular weight is 325 g/mol. The second-order valence-electron chi connectivity index (χ2n) is 6.31. The molecule has 0 amide bonds. The molecule has 6 heteroatoms. The van der Waals surface area contributed by atoms with Crippen LogP contribution in [0.2, 0.25) is 0 Å². The van der Waals surface area contributed by atoms with Crippen molar-refractivity contribution >= 4 is 12.4 Å². The first kappa shape index (κ1) is 18.6. The summed E-state index contributed by atoms with van der Waals surface area (Å²) in [6.45, 7) is 6.49. The molecule has 2 aromatic rings. The molecule has 0 radical (unpaired) electrons. The predicted molar refractivity (Wildman–Crippen MR) is 90.0 cm³/mol. The first-order valence-corrected chi connectivity index (χ1v) is 7.22. The summed E-state index contributed by atoms with van der Waals surface area (Å²) in [5.41, 5.74) is 7.03. The van der Waals surface area contributed by atoms with Crippen molar-refractivity contribution in [2.75, 3.05) is 20.1 Å². The van der Waals surface area contributed by atoms with Crippen molar-refractivity contribution < 1.29 is 4.52 Å². The van der Waals surface area contributed by atoms with Crippen molar-refractivity contribution in [2.45, 2.75) is 26.8 Å². The van der Waals surface area contributed by atoms with Crippen LogP contribution in [0, 0.1) is 5.41 Å². The Morgan fingerprint density at radius 3 is 2.55 bits per heavy atom. The summed E-state index contributed by atoms with van der Waals surface area (Å²) in [5, 5.41) is 4.04. The molecule has 1 aromatic carbocycles. The fraction of sp³-hybridized carbons (Fsp3) is 0.500. The molecular formula is C16H25ClN4O. The van der Waals surface area contributed by atoms with Crippen LogP contribution in [0.5, 0.6) is 0 Å². The Bertz CT molecular complexity index is 556. The van der Waals surface area contributed by atoms with E-state index < -0.39 is 0 Å². The Hall–Kier alpha value is -1.43. The van der Waals surface area contributed by atoms with Gasteiger partial charge in [-0.1, -0.05) is 49.3 Å². The molecule has 5 nitrogen and oxygen atoms in total. The maximum absolute atomic E-state index is 5.76. The number of hydrogen-bond acceptors (Lipinski definition) is 5. The van der Waals surface area contributed by atoms with Crippen LogP contribution in [0.15, 0.2) is 34.9 Å². The van der Waals surface area contributed by atoms with Crippen LogP contribution in [-0.4, -0.2) is 35.2 Å². The monoisotopic (exact) mass is 324 g/mol. The van der Waals surface area contributed by atoms with Gasteiger partial charge in [0.05, 0.1) is 6.54 Å². The molecule has 0 aliphatic rings. The van der Waals surface area contributed by atoms with Crippen molar-refractivity contribution in [2.24, 2.45) is 11.1 Å². The van der Waals surface area contributed by atoms with Gasteiger partial charge in [0.15, 0.2) is 5.82 Å². The highest BCUT2D eigenvalue weighted by Crippen LogP contribution is 2.15. The molecule has 0 aliphatic heterocycles. The van der Waals surface area contributed by atoms with Crippen LogP contribution in [-0.2, 0) is 13.0 Å². The van der Waals surface area contributed by atoms with Gasteiger partial charge in [-0.2, -0.15) is 4.98 Å². The lowest BCUT2D eigenvalue weighted by Crippen LogP contribution is -2.36. The predicted octanol–water partition coefficient (Wildman–Crippen LogP) is 2.50. The lowest BCUT2D eigenvalue weighted by Gasteiger charge is -2.27. The third kappa shape index (κ3) is 5.75. The molecule has 0 fully saturated rings. The van der Waals surface area contributed by atoms with Crippen molar-refractivity contribution in [1.82, 2.24) is 15.0 Å². The van der Waals surface area contributed by atoms with E-state index in [4.69, 9.17) is 10.3 Å². The zero-order valence-corrected chi connectivity index (χ0v) is 14.3. The van der Waals surface area contributed by atoms with E-state index in [1.807, 2.05) is 25.2 Å². The summed E-state index contributed by atoms with van der Waals surface area (Å²) in [4.78, 5) is 6.61. The van der Waals surface area contributed by atoms with Gasteiger partial charge >= 0.3 is 0 Å². The summed E-state index contributed by atoms with van der Waals surface area (Å²) >= 11 is 0. The van der Waals surface area contributed by atoms with Crippen molar-refractivity contribution in [3.63, 3.8) is 0 Å². The molecule has 0 spiro atoms. The molecule has 0 bridgehead atoms. The van der Waals surface area contributed by atoms with Gasteiger partial charge in [0, 0.05) is 13.0 Å². The second-order valence-corrected chi connectivity index (χ2v) is 6.31. The number of rotatable bonds is 7. The Balaban J connectivity index is 0.00000242. The van der Waals surface area contributed by atoms with Gasteiger partial charge < -0.3 is 10.3 Å². The fourth-order valence-corrected chi connectivity index (χ4v) is 2.29. The first-order valence-electron chi connectivity index (χ1n) is 7.22. The molecule has 2 rings (SSSR count). The normalized spacial score (nSPS) is 11.5. The lowest BCUT2D eigenvalue weighted by atomic mass is 9.93. The molecule has 0 aliphatic carbocycles. The van der Waals surface area contributed by atoms with E-state index in [0.717, 1.165) is 12.4 Å². The lowest BCUT2D eigenvalue weighted by molar-refractivity contribution is 0.189. The molecule has 0 atom stereocenters. The summed E-state index contributed by atoms with van der Waals surface area (Å²) in [6, 6.07) is 10.1. The molecule has 122 valence electrons. The van der Waals surface area contributed by atoms with Crippen molar-refractivity contribution in [1.29, 1.82) is 0 Å². The molecule has 0 saturated carbocycles. The maximum atomic E-state index is 5.76. The molecule has 2 N–H and O–H groups in total. The van der Waals surface area contributed by atoms with Crippen molar-refractivity contribution in [3.8, 4) is 0 Å². The quantitative estimate of drug-likeness (QED) is 0.847. The van der Waals surface area contributed by atoms with E-state index in [9.17, 15) is 0 Å². The topological polar surface area (TPSA) is 68.2 Å². The largest absolute Gasteiger partial charge is 0.338 e. The van der Waals surface area contributed by atoms with Gasteiger partial charge in [0.2, 0.25) is 5.89 Å². The second kappa shape index (κ2) is 8.27. The SMILES string of the molecule is CN(Cc1nc(Cc2ccccc2)no1)CC(C)(C)CN.Cl. The Labute approximate surface area is 138 Å². The fourth-order valence-electron chi connectivity index (χ4n) is 2.29. The first-order chi connectivity index (χ1) is 9.98. The van der Waals surface area contributed by atoms with Crippen LogP contribution in [0.25, 0.3) is 0 Å². The minimum atomic E-state index is 0. The zero-order valence-electron chi connectivity index (χ0n) is 13.5. The minimum Gasteiger partial charge on any atom is -0.338 e. The highest BCUT2D eigenvalue weighted by molar-refractivity contribution is 5.85. The Morgan fingerprint density at radius 1 is 1.23 bits per heavy atom. The van der Waals surface area contributed by atoms with E-state index in [1.54, 1.807) is 0 Å². The molecule has 22 heavy (non-hydrogen) atoms. The molecule has 1 aromatic heterocycles. The van der Waals surface area contributed by atoms with Gasteiger partial charge in [-0.25, -0.2) is 0 Å². The van der Waals surface area contributed by atoms with E-state index in [1.165, 1.54) is 5.56 Å². The molecule has 1 heterocycles. The number of hydrogen-bond donors (Lipinski definition) is 1. The minimum absolute atomic E-state index is 0. The molecule has 0 saturated heterocycles. The highest BCUT2D eigenvalue weighted by atomic mass is 35.5. The number of nitrogens with zero attached hydrogens (tertiary/aromatic N) is 3. The highest BCUT2D eigenvalue weighted by Gasteiger charge is 2.19.